The lowest BCUT2D eigenvalue weighted by atomic mass is 10.0. The second kappa shape index (κ2) is 10.3. The summed E-state index contributed by atoms with van der Waals surface area (Å²) in [6.07, 6.45) is 6.46. The molecule has 0 radical (unpaired) electrons. The Morgan fingerprint density at radius 3 is 2.65 bits per heavy atom. The van der Waals surface area contributed by atoms with E-state index in [0.29, 0.717) is 6.61 Å². The van der Waals surface area contributed by atoms with Crippen LogP contribution < -0.4 is 0 Å². The minimum atomic E-state index is -0.979. The maximum absolute atomic E-state index is 9.92. The van der Waals surface area contributed by atoms with Gasteiger partial charge < -0.3 is 24.8 Å². The van der Waals surface area contributed by atoms with E-state index in [1.165, 1.54) is 6.42 Å². The van der Waals surface area contributed by atoms with Crippen LogP contribution in [-0.4, -0.2) is 59.6 Å². The van der Waals surface area contributed by atoms with Crippen molar-refractivity contribution in [3.8, 4) is 0 Å². The highest BCUT2D eigenvalue weighted by Gasteiger charge is 2.38. The van der Waals surface area contributed by atoms with Crippen molar-refractivity contribution in [3.63, 3.8) is 0 Å². The van der Waals surface area contributed by atoms with Crippen LogP contribution in [0, 0.1) is 0 Å². The summed E-state index contributed by atoms with van der Waals surface area (Å²) in [5.74, 6) is 0. The largest absolute Gasteiger partial charge is 0.394 e. The summed E-state index contributed by atoms with van der Waals surface area (Å²) in [6, 6.07) is 0. The average Bonchev–Trinajstić information content (AvgIpc) is 2.45. The number of aliphatic hydroxyl groups excluding tert-OH is 3. The zero-order chi connectivity index (χ0) is 14.8. The van der Waals surface area contributed by atoms with Gasteiger partial charge in [-0.3, -0.25) is 0 Å². The first-order valence-corrected chi connectivity index (χ1v) is 7.55. The molecule has 1 saturated heterocycles. The van der Waals surface area contributed by atoms with Crippen LogP contribution in [0.4, 0.5) is 0 Å². The third-order valence-electron chi connectivity index (χ3n) is 3.46. The predicted octanol–water partition coefficient (Wildman–Crippen LogP) is 1.01. The molecule has 5 heteroatoms. The SMILES string of the molecule is CCC/C=C/CCCCO[C@H]1[C@H](O)[C@@H](CO)OC[C@@H]1O. The Bertz CT molecular complexity index is 269. The van der Waals surface area contributed by atoms with Crippen LogP contribution >= 0.6 is 0 Å². The highest BCUT2D eigenvalue weighted by Crippen LogP contribution is 2.18. The quantitative estimate of drug-likeness (QED) is 0.436. The number of ether oxygens (including phenoxy) is 2. The van der Waals surface area contributed by atoms with E-state index in [-0.39, 0.29) is 13.2 Å². The van der Waals surface area contributed by atoms with Gasteiger partial charge in [0.05, 0.1) is 13.2 Å². The first-order chi connectivity index (χ1) is 9.70. The molecule has 1 rings (SSSR count). The van der Waals surface area contributed by atoms with Crippen molar-refractivity contribution in [2.24, 2.45) is 0 Å². The third-order valence-corrected chi connectivity index (χ3v) is 3.46. The molecule has 1 aliphatic rings. The third kappa shape index (κ3) is 5.89. The molecular weight excluding hydrogens is 260 g/mol. The van der Waals surface area contributed by atoms with Crippen LogP contribution in [0.25, 0.3) is 0 Å². The van der Waals surface area contributed by atoms with Crippen molar-refractivity contribution in [3.05, 3.63) is 12.2 Å². The maximum atomic E-state index is 9.92. The lowest BCUT2D eigenvalue weighted by molar-refractivity contribution is -0.210. The number of hydrogen-bond acceptors (Lipinski definition) is 5. The molecule has 5 nitrogen and oxygen atoms in total. The highest BCUT2D eigenvalue weighted by molar-refractivity contribution is 4.87. The van der Waals surface area contributed by atoms with E-state index in [2.05, 4.69) is 19.1 Å². The highest BCUT2D eigenvalue weighted by atomic mass is 16.6. The van der Waals surface area contributed by atoms with Crippen molar-refractivity contribution in [2.45, 2.75) is 63.4 Å². The van der Waals surface area contributed by atoms with Crippen LogP contribution in [-0.2, 0) is 9.47 Å². The summed E-state index contributed by atoms with van der Waals surface area (Å²) in [4.78, 5) is 0. The number of unbranched alkanes of at least 4 members (excludes halogenated alkanes) is 3. The van der Waals surface area contributed by atoms with Gasteiger partial charge in [-0.1, -0.05) is 25.5 Å². The van der Waals surface area contributed by atoms with E-state index in [4.69, 9.17) is 14.6 Å². The van der Waals surface area contributed by atoms with E-state index in [9.17, 15) is 10.2 Å². The van der Waals surface area contributed by atoms with Crippen molar-refractivity contribution < 1.29 is 24.8 Å². The Balaban J connectivity index is 2.16. The van der Waals surface area contributed by atoms with Gasteiger partial charge in [0.1, 0.15) is 24.4 Å². The molecule has 1 heterocycles. The molecule has 0 aromatic heterocycles. The fraction of sp³-hybridized carbons (Fsp3) is 0.867. The maximum Gasteiger partial charge on any atom is 0.114 e. The molecule has 0 spiro atoms. The Hall–Kier alpha value is -0.460. The minimum absolute atomic E-state index is 0.0900. The lowest BCUT2D eigenvalue weighted by Gasteiger charge is -2.37. The molecule has 1 aliphatic heterocycles. The number of aliphatic hydroxyl groups is 3. The number of allylic oxidation sites excluding steroid dienone is 2. The summed E-state index contributed by atoms with van der Waals surface area (Å²) in [5.41, 5.74) is 0. The summed E-state index contributed by atoms with van der Waals surface area (Å²) in [7, 11) is 0. The Labute approximate surface area is 121 Å². The molecule has 0 aromatic rings. The molecule has 1 fully saturated rings. The lowest BCUT2D eigenvalue weighted by Crippen LogP contribution is -2.55. The molecule has 0 saturated carbocycles. The molecule has 20 heavy (non-hydrogen) atoms. The summed E-state index contributed by atoms with van der Waals surface area (Å²) in [5, 5.41) is 28.7. The van der Waals surface area contributed by atoms with Crippen molar-refractivity contribution in [2.75, 3.05) is 19.8 Å². The van der Waals surface area contributed by atoms with Crippen LogP contribution in [0.1, 0.15) is 39.0 Å². The second-order valence-electron chi connectivity index (χ2n) is 5.20. The first kappa shape index (κ1) is 17.6. The fourth-order valence-electron chi connectivity index (χ4n) is 2.21. The van der Waals surface area contributed by atoms with Crippen LogP contribution in [0.15, 0.2) is 12.2 Å². The van der Waals surface area contributed by atoms with E-state index in [1.54, 1.807) is 0 Å². The van der Waals surface area contributed by atoms with Gasteiger partial charge in [0.25, 0.3) is 0 Å². The Kier molecular flexibility index (Phi) is 9.05. The van der Waals surface area contributed by atoms with Crippen molar-refractivity contribution in [1.29, 1.82) is 0 Å². The standard InChI is InChI=1S/C15H28O5/c1-2-3-4-5-6-7-8-9-19-15-12(17)11-20-13(10-16)14(15)18/h4-5,12-18H,2-3,6-11H2,1H3/b5-4+/t12-,13+,14+,15+/m0/s1. The van der Waals surface area contributed by atoms with E-state index in [0.717, 1.165) is 25.7 Å². The molecule has 0 bridgehead atoms. The second-order valence-corrected chi connectivity index (χ2v) is 5.20. The molecular formula is C15H28O5. The zero-order valence-electron chi connectivity index (χ0n) is 12.3. The Morgan fingerprint density at radius 1 is 1.20 bits per heavy atom. The minimum Gasteiger partial charge on any atom is -0.394 e. The Morgan fingerprint density at radius 2 is 1.95 bits per heavy atom. The monoisotopic (exact) mass is 288 g/mol. The molecule has 0 aromatic carbocycles. The van der Waals surface area contributed by atoms with Gasteiger partial charge >= 0.3 is 0 Å². The molecule has 0 aliphatic carbocycles. The topological polar surface area (TPSA) is 79.2 Å². The van der Waals surface area contributed by atoms with Gasteiger partial charge in [0, 0.05) is 6.61 Å². The molecule has 0 amide bonds. The number of hydrogen-bond donors (Lipinski definition) is 3. The molecule has 0 unspecified atom stereocenters. The normalized spacial score (nSPS) is 31.0. The molecule has 4 atom stereocenters. The zero-order valence-corrected chi connectivity index (χ0v) is 12.3. The predicted molar refractivity (Wildman–Crippen MR) is 76.5 cm³/mol. The molecule has 3 N–H and O–H groups in total. The smallest absolute Gasteiger partial charge is 0.114 e. The summed E-state index contributed by atoms with van der Waals surface area (Å²) in [6.45, 7) is 2.48. The van der Waals surface area contributed by atoms with E-state index >= 15 is 0 Å². The van der Waals surface area contributed by atoms with Crippen LogP contribution in [0.3, 0.4) is 0 Å². The van der Waals surface area contributed by atoms with Crippen molar-refractivity contribution in [1.82, 2.24) is 0 Å². The van der Waals surface area contributed by atoms with E-state index in [1.807, 2.05) is 0 Å². The van der Waals surface area contributed by atoms with Gasteiger partial charge in [-0.15, -0.1) is 0 Å². The number of rotatable bonds is 9. The van der Waals surface area contributed by atoms with Gasteiger partial charge in [-0.25, -0.2) is 0 Å². The van der Waals surface area contributed by atoms with Gasteiger partial charge in [-0.2, -0.15) is 0 Å². The summed E-state index contributed by atoms with van der Waals surface area (Å²) < 4.78 is 10.7. The van der Waals surface area contributed by atoms with Crippen LogP contribution in [0.2, 0.25) is 0 Å². The summed E-state index contributed by atoms with van der Waals surface area (Å²) >= 11 is 0. The van der Waals surface area contributed by atoms with Crippen molar-refractivity contribution >= 4 is 0 Å². The first-order valence-electron chi connectivity index (χ1n) is 7.55. The fourth-order valence-corrected chi connectivity index (χ4v) is 2.21. The van der Waals surface area contributed by atoms with Gasteiger partial charge in [-0.05, 0) is 25.7 Å². The van der Waals surface area contributed by atoms with Gasteiger partial charge in [0.15, 0.2) is 0 Å². The van der Waals surface area contributed by atoms with Gasteiger partial charge in [0.2, 0.25) is 0 Å². The van der Waals surface area contributed by atoms with E-state index < -0.39 is 24.4 Å². The molecule has 118 valence electrons. The average molecular weight is 288 g/mol. The van der Waals surface area contributed by atoms with Crippen LogP contribution in [0.5, 0.6) is 0 Å².